The number of halogens is 2. The largest absolute Gasteiger partial charge is 0.507 e. The second-order valence-electron chi connectivity index (χ2n) is 8.04. The first-order valence-corrected chi connectivity index (χ1v) is 11.2. The Kier molecular flexibility index (Phi) is 9.56. The fourth-order valence-electron chi connectivity index (χ4n) is 3.45. The number of rotatable bonds is 10. The number of aromatic hydroxyl groups is 1. The number of allylic oxidation sites excluding steroid dienone is 4. The van der Waals surface area contributed by atoms with Crippen LogP contribution in [0.5, 0.6) is 11.5 Å². The Labute approximate surface area is 204 Å². The van der Waals surface area contributed by atoms with Crippen LogP contribution < -0.4 is 4.74 Å². The first-order chi connectivity index (χ1) is 15.5. The van der Waals surface area contributed by atoms with Crippen LogP contribution in [-0.2, 0) is 12.8 Å². The third kappa shape index (κ3) is 7.11. The molecule has 5 nitrogen and oxygen atoms in total. The zero-order valence-corrected chi connectivity index (χ0v) is 20.7. The summed E-state index contributed by atoms with van der Waals surface area (Å²) >= 11 is 12.0. The molecule has 0 bridgehead atoms. The fraction of sp³-hybridized carbons (Fsp3) is 0.308. The Balaban J connectivity index is 2.40. The molecule has 0 aromatic heterocycles. The van der Waals surface area contributed by atoms with Crippen molar-refractivity contribution in [3.8, 4) is 11.5 Å². The number of benzene rings is 2. The van der Waals surface area contributed by atoms with Gasteiger partial charge in [0, 0.05) is 22.6 Å². The normalized spacial score (nSPS) is 11.3. The van der Waals surface area contributed by atoms with Gasteiger partial charge in [0.15, 0.2) is 5.78 Å². The summed E-state index contributed by atoms with van der Waals surface area (Å²) in [5.74, 6) is -1.81. The molecular weight excluding hydrogens is 463 g/mol. The predicted octanol–water partition coefficient (Wildman–Crippen LogP) is 7.07. The van der Waals surface area contributed by atoms with Crippen LogP contribution >= 0.6 is 23.2 Å². The lowest BCUT2D eigenvalue weighted by Gasteiger charge is -2.16. The number of carboxylic acids is 1. The van der Waals surface area contributed by atoms with Gasteiger partial charge < -0.3 is 14.9 Å². The molecule has 0 atom stereocenters. The van der Waals surface area contributed by atoms with Crippen molar-refractivity contribution in [2.45, 2.75) is 46.5 Å². The number of carboxylic acid groups (broad SMARTS) is 1. The maximum Gasteiger partial charge on any atom is 0.339 e. The second kappa shape index (κ2) is 11.9. The Bertz CT molecular complexity index is 1110. The maximum absolute atomic E-state index is 12.8. The Hall–Kier alpha value is -2.76. The van der Waals surface area contributed by atoms with E-state index in [4.69, 9.17) is 27.9 Å². The van der Waals surface area contributed by atoms with E-state index in [9.17, 15) is 19.8 Å². The van der Waals surface area contributed by atoms with Crippen molar-refractivity contribution in [1.29, 1.82) is 0 Å². The van der Waals surface area contributed by atoms with Crippen LogP contribution in [0.4, 0.5) is 0 Å². The quantitative estimate of drug-likeness (QED) is 0.274. The van der Waals surface area contributed by atoms with Crippen molar-refractivity contribution in [3.63, 3.8) is 0 Å². The second-order valence-corrected chi connectivity index (χ2v) is 8.89. The van der Waals surface area contributed by atoms with E-state index in [0.717, 1.165) is 18.4 Å². The van der Waals surface area contributed by atoms with Crippen LogP contribution in [0.15, 0.2) is 47.6 Å². The fourth-order valence-corrected chi connectivity index (χ4v) is 3.96. The number of carbonyl (C=O) groups excluding carboxylic acids is 1. The average molecular weight is 491 g/mol. The van der Waals surface area contributed by atoms with E-state index >= 15 is 0 Å². The molecule has 33 heavy (non-hydrogen) atoms. The molecule has 0 spiro atoms. The molecule has 7 heteroatoms. The molecule has 0 heterocycles. The number of ether oxygens (including phenoxy) is 1. The number of hydrogen-bond donors (Lipinski definition) is 2. The van der Waals surface area contributed by atoms with Crippen LogP contribution in [-0.4, -0.2) is 29.1 Å². The van der Waals surface area contributed by atoms with Gasteiger partial charge in [0.2, 0.25) is 0 Å². The van der Waals surface area contributed by atoms with E-state index in [-0.39, 0.29) is 28.1 Å². The van der Waals surface area contributed by atoms with Gasteiger partial charge in [-0.1, -0.05) is 46.5 Å². The lowest BCUT2D eigenvalue weighted by atomic mass is 9.93. The minimum absolute atomic E-state index is 0.140. The number of hydrogen-bond acceptors (Lipinski definition) is 4. The van der Waals surface area contributed by atoms with Gasteiger partial charge in [0.1, 0.15) is 17.1 Å². The number of ketones is 1. The molecule has 2 aromatic rings. The third-order valence-electron chi connectivity index (χ3n) is 5.21. The summed E-state index contributed by atoms with van der Waals surface area (Å²) in [6.07, 6.45) is 5.88. The van der Waals surface area contributed by atoms with E-state index in [2.05, 4.69) is 6.08 Å². The molecule has 2 N–H and O–H groups in total. The standard InChI is InChI=1S/C26H28Cl2O5/c1-15(2)6-5-7-16(3)8-10-20-23(33-4)13-17(24(25(20)30)26(31)32)12-22(29)19-11-9-18(27)14-21(19)28/h6,8-9,11,13-14,30H,5,7,10,12H2,1-4H3,(H,31,32)/b16-8+. The van der Waals surface area contributed by atoms with Gasteiger partial charge in [-0.25, -0.2) is 4.79 Å². The predicted molar refractivity (Wildman–Crippen MR) is 132 cm³/mol. The summed E-state index contributed by atoms with van der Waals surface area (Å²) < 4.78 is 5.43. The van der Waals surface area contributed by atoms with Crippen LogP contribution in [0.1, 0.15) is 65.5 Å². The van der Waals surface area contributed by atoms with E-state index in [1.54, 1.807) is 0 Å². The number of phenols is 1. The average Bonchev–Trinajstić information content (AvgIpc) is 2.71. The van der Waals surface area contributed by atoms with Gasteiger partial charge in [-0.2, -0.15) is 0 Å². The summed E-state index contributed by atoms with van der Waals surface area (Å²) in [5.41, 5.74) is 2.76. The zero-order valence-electron chi connectivity index (χ0n) is 19.2. The minimum atomic E-state index is -1.33. The number of Topliss-reactive ketones (excluding diaryl/α,β-unsaturated/α-hetero) is 1. The molecule has 176 valence electrons. The molecule has 0 saturated carbocycles. The highest BCUT2D eigenvalue weighted by Crippen LogP contribution is 2.36. The SMILES string of the molecule is COc1cc(CC(=O)c2ccc(Cl)cc2Cl)c(C(=O)O)c(O)c1C/C=C(\C)CCC=C(C)C. The molecule has 0 amide bonds. The summed E-state index contributed by atoms with van der Waals surface area (Å²) in [6, 6.07) is 5.96. The lowest BCUT2D eigenvalue weighted by molar-refractivity contribution is 0.0692. The number of carbonyl (C=O) groups is 2. The summed E-state index contributed by atoms with van der Waals surface area (Å²) in [7, 11) is 1.44. The van der Waals surface area contributed by atoms with Crippen molar-refractivity contribution < 1.29 is 24.5 Å². The summed E-state index contributed by atoms with van der Waals surface area (Å²) in [6.45, 7) is 6.08. The van der Waals surface area contributed by atoms with Gasteiger partial charge in [-0.3, -0.25) is 4.79 Å². The number of aromatic carboxylic acids is 1. The minimum Gasteiger partial charge on any atom is -0.507 e. The Morgan fingerprint density at radius 2 is 1.79 bits per heavy atom. The summed E-state index contributed by atoms with van der Waals surface area (Å²) in [4.78, 5) is 24.8. The maximum atomic E-state index is 12.8. The van der Waals surface area contributed by atoms with Crippen molar-refractivity contribution in [2.75, 3.05) is 7.11 Å². The highest BCUT2D eigenvalue weighted by atomic mass is 35.5. The van der Waals surface area contributed by atoms with Gasteiger partial charge in [-0.05, 0) is 69.9 Å². The van der Waals surface area contributed by atoms with Crippen molar-refractivity contribution >= 4 is 35.0 Å². The van der Waals surface area contributed by atoms with Crippen molar-refractivity contribution in [1.82, 2.24) is 0 Å². The van der Waals surface area contributed by atoms with Crippen LogP contribution in [0.2, 0.25) is 10.0 Å². The molecular formula is C26H28Cl2O5. The molecule has 0 aliphatic rings. The Morgan fingerprint density at radius 1 is 1.09 bits per heavy atom. The first-order valence-electron chi connectivity index (χ1n) is 10.5. The van der Waals surface area contributed by atoms with E-state index in [1.807, 2.05) is 26.8 Å². The van der Waals surface area contributed by atoms with E-state index in [1.165, 1.54) is 36.9 Å². The lowest BCUT2D eigenvalue weighted by Crippen LogP contribution is -2.12. The van der Waals surface area contributed by atoms with E-state index < -0.39 is 17.5 Å². The molecule has 0 saturated heterocycles. The third-order valence-corrected chi connectivity index (χ3v) is 5.76. The molecule has 0 aliphatic heterocycles. The Morgan fingerprint density at radius 3 is 2.36 bits per heavy atom. The molecule has 0 radical (unpaired) electrons. The molecule has 2 rings (SSSR count). The van der Waals surface area contributed by atoms with Crippen molar-refractivity contribution in [3.05, 3.63) is 79.9 Å². The topological polar surface area (TPSA) is 83.8 Å². The van der Waals surface area contributed by atoms with Gasteiger partial charge >= 0.3 is 5.97 Å². The molecule has 2 aromatic carbocycles. The smallest absolute Gasteiger partial charge is 0.339 e. The monoisotopic (exact) mass is 490 g/mol. The van der Waals surface area contributed by atoms with Gasteiger partial charge in [0.25, 0.3) is 0 Å². The van der Waals surface area contributed by atoms with Gasteiger partial charge in [0.05, 0.1) is 12.1 Å². The van der Waals surface area contributed by atoms with E-state index in [0.29, 0.717) is 22.8 Å². The molecule has 0 unspecified atom stereocenters. The van der Waals surface area contributed by atoms with Crippen LogP contribution in [0.3, 0.4) is 0 Å². The summed E-state index contributed by atoms with van der Waals surface area (Å²) in [5, 5.41) is 21.2. The van der Waals surface area contributed by atoms with Crippen molar-refractivity contribution in [2.24, 2.45) is 0 Å². The van der Waals surface area contributed by atoms with Crippen LogP contribution in [0.25, 0.3) is 0 Å². The van der Waals surface area contributed by atoms with Crippen LogP contribution in [0, 0.1) is 0 Å². The first kappa shape index (κ1) is 26.5. The number of methoxy groups -OCH3 is 1. The zero-order chi connectivity index (χ0) is 24.7. The molecule has 0 fully saturated rings. The van der Waals surface area contributed by atoms with Gasteiger partial charge in [-0.15, -0.1) is 0 Å². The highest BCUT2D eigenvalue weighted by Gasteiger charge is 2.25. The highest BCUT2D eigenvalue weighted by molar-refractivity contribution is 6.36. The molecule has 0 aliphatic carbocycles.